The summed E-state index contributed by atoms with van der Waals surface area (Å²) in [6.07, 6.45) is 0. The van der Waals surface area contributed by atoms with Gasteiger partial charge in [0.1, 0.15) is 23.9 Å². The topological polar surface area (TPSA) is 56.8 Å². The molecular formula is C24H24ClNO4. The number of hydrogen-bond donors (Lipinski definition) is 1. The fourth-order valence-electron chi connectivity index (χ4n) is 3.18. The van der Waals surface area contributed by atoms with E-state index in [0.29, 0.717) is 27.8 Å². The van der Waals surface area contributed by atoms with E-state index >= 15 is 0 Å². The number of benzene rings is 3. The third-order valence-electron chi connectivity index (χ3n) is 4.54. The summed E-state index contributed by atoms with van der Waals surface area (Å²) in [5.74, 6) is 1.66. The predicted octanol–water partition coefficient (Wildman–Crippen LogP) is 5.81. The van der Waals surface area contributed by atoms with Gasteiger partial charge in [0.05, 0.1) is 19.9 Å². The van der Waals surface area contributed by atoms with Crippen LogP contribution in [0.25, 0.3) is 0 Å². The molecule has 3 rings (SSSR count). The maximum absolute atomic E-state index is 12.8. The maximum Gasteiger partial charge on any atom is 0.255 e. The highest BCUT2D eigenvalue weighted by atomic mass is 35.5. The van der Waals surface area contributed by atoms with Gasteiger partial charge >= 0.3 is 0 Å². The molecule has 156 valence electrons. The lowest BCUT2D eigenvalue weighted by Gasteiger charge is -2.14. The van der Waals surface area contributed by atoms with Gasteiger partial charge in [-0.3, -0.25) is 4.79 Å². The summed E-state index contributed by atoms with van der Waals surface area (Å²) in [5.41, 5.74) is 3.99. The van der Waals surface area contributed by atoms with Crippen LogP contribution in [0.2, 0.25) is 5.02 Å². The number of carbonyl (C=O) groups is 1. The minimum atomic E-state index is -0.286. The Hall–Kier alpha value is -3.18. The molecular weight excluding hydrogens is 402 g/mol. The van der Waals surface area contributed by atoms with Crippen molar-refractivity contribution in [1.82, 2.24) is 0 Å². The molecule has 0 radical (unpaired) electrons. The van der Waals surface area contributed by atoms with E-state index in [1.165, 1.54) is 7.11 Å². The average molecular weight is 426 g/mol. The Balaban J connectivity index is 1.81. The van der Waals surface area contributed by atoms with E-state index in [9.17, 15) is 4.79 Å². The lowest BCUT2D eigenvalue weighted by molar-refractivity contribution is 0.102. The Morgan fingerprint density at radius 3 is 2.23 bits per heavy atom. The van der Waals surface area contributed by atoms with Crippen LogP contribution in [0.15, 0.2) is 54.6 Å². The zero-order chi connectivity index (χ0) is 21.7. The van der Waals surface area contributed by atoms with Gasteiger partial charge in [-0.25, -0.2) is 0 Å². The third-order valence-corrected chi connectivity index (χ3v) is 4.78. The van der Waals surface area contributed by atoms with Crippen LogP contribution in [-0.2, 0) is 6.61 Å². The van der Waals surface area contributed by atoms with E-state index in [4.69, 9.17) is 25.8 Å². The summed E-state index contributed by atoms with van der Waals surface area (Å²) in [6, 6.07) is 16.3. The molecule has 0 fully saturated rings. The summed E-state index contributed by atoms with van der Waals surface area (Å²) in [7, 11) is 3.13. The fourth-order valence-corrected chi connectivity index (χ4v) is 3.35. The average Bonchev–Trinajstić information content (AvgIpc) is 2.71. The van der Waals surface area contributed by atoms with Crippen molar-refractivity contribution < 1.29 is 19.0 Å². The second-order valence-electron chi connectivity index (χ2n) is 6.94. The fraction of sp³-hybridized carbons (Fsp3) is 0.208. The molecule has 30 heavy (non-hydrogen) atoms. The van der Waals surface area contributed by atoms with Crippen molar-refractivity contribution in [3.05, 3.63) is 81.9 Å². The normalized spacial score (nSPS) is 10.4. The summed E-state index contributed by atoms with van der Waals surface area (Å²) in [4.78, 5) is 12.8. The minimum Gasteiger partial charge on any atom is -0.496 e. The van der Waals surface area contributed by atoms with Gasteiger partial charge in [-0.15, -0.1) is 0 Å². The van der Waals surface area contributed by atoms with Gasteiger partial charge in [0.25, 0.3) is 5.91 Å². The van der Waals surface area contributed by atoms with Crippen LogP contribution in [0.3, 0.4) is 0 Å². The number of carbonyl (C=O) groups excluding carboxylic acids is 1. The van der Waals surface area contributed by atoms with E-state index in [-0.39, 0.29) is 12.5 Å². The standard InChI is InChI=1S/C24H24ClNO4/c1-15-9-16(2)11-20(10-15)30-14-18-12-17(5-7-22(18)28-3)24(27)26-21-13-19(25)6-8-23(21)29-4/h5-13H,14H2,1-4H3,(H,26,27). The number of nitrogens with one attached hydrogen (secondary N) is 1. The number of anilines is 1. The molecule has 0 saturated heterocycles. The van der Waals surface area contributed by atoms with Gasteiger partial charge in [-0.05, 0) is 73.5 Å². The van der Waals surface area contributed by atoms with Crippen molar-refractivity contribution in [2.24, 2.45) is 0 Å². The monoisotopic (exact) mass is 425 g/mol. The molecule has 1 N–H and O–H groups in total. The van der Waals surface area contributed by atoms with Gasteiger partial charge in [0, 0.05) is 16.1 Å². The molecule has 5 nitrogen and oxygen atoms in total. The number of ether oxygens (including phenoxy) is 3. The minimum absolute atomic E-state index is 0.272. The lowest BCUT2D eigenvalue weighted by atomic mass is 10.1. The highest BCUT2D eigenvalue weighted by molar-refractivity contribution is 6.31. The molecule has 0 aliphatic heterocycles. The molecule has 0 unspecified atom stereocenters. The van der Waals surface area contributed by atoms with Crippen LogP contribution >= 0.6 is 11.6 Å². The first-order valence-corrected chi connectivity index (χ1v) is 9.80. The van der Waals surface area contributed by atoms with E-state index in [0.717, 1.165) is 22.4 Å². The maximum atomic E-state index is 12.8. The van der Waals surface area contributed by atoms with Crippen molar-refractivity contribution in [2.75, 3.05) is 19.5 Å². The summed E-state index contributed by atoms with van der Waals surface area (Å²) < 4.78 is 16.7. The van der Waals surface area contributed by atoms with Gasteiger partial charge in [0.2, 0.25) is 0 Å². The second-order valence-corrected chi connectivity index (χ2v) is 7.37. The third kappa shape index (κ3) is 5.24. The molecule has 1 amide bonds. The van der Waals surface area contributed by atoms with Crippen LogP contribution in [0.4, 0.5) is 5.69 Å². The molecule has 0 aliphatic rings. The second kappa shape index (κ2) is 9.55. The first kappa shape index (κ1) is 21.5. The largest absolute Gasteiger partial charge is 0.496 e. The highest BCUT2D eigenvalue weighted by Gasteiger charge is 2.14. The van der Waals surface area contributed by atoms with Gasteiger partial charge in [-0.2, -0.15) is 0 Å². The van der Waals surface area contributed by atoms with Gasteiger partial charge in [-0.1, -0.05) is 17.7 Å². The number of amides is 1. The number of halogens is 1. The summed E-state index contributed by atoms with van der Waals surface area (Å²) in [6.45, 7) is 4.32. The Morgan fingerprint density at radius 1 is 0.900 bits per heavy atom. The van der Waals surface area contributed by atoms with Crippen LogP contribution in [0.1, 0.15) is 27.0 Å². The Labute approximate surface area is 181 Å². The zero-order valence-electron chi connectivity index (χ0n) is 17.4. The molecule has 0 aliphatic carbocycles. The van der Waals surface area contributed by atoms with E-state index in [1.807, 2.05) is 26.0 Å². The van der Waals surface area contributed by atoms with E-state index in [1.54, 1.807) is 43.5 Å². The van der Waals surface area contributed by atoms with Crippen LogP contribution < -0.4 is 19.5 Å². The zero-order valence-corrected chi connectivity index (χ0v) is 18.2. The van der Waals surface area contributed by atoms with Crippen molar-refractivity contribution >= 4 is 23.2 Å². The molecule has 0 saturated carbocycles. The highest BCUT2D eigenvalue weighted by Crippen LogP contribution is 2.29. The smallest absolute Gasteiger partial charge is 0.255 e. The first-order valence-electron chi connectivity index (χ1n) is 9.42. The first-order chi connectivity index (χ1) is 14.4. The summed E-state index contributed by atoms with van der Waals surface area (Å²) in [5, 5.41) is 3.35. The molecule has 3 aromatic carbocycles. The predicted molar refractivity (Wildman–Crippen MR) is 119 cm³/mol. The molecule has 0 atom stereocenters. The number of aryl methyl sites for hydroxylation is 2. The molecule has 3 aromatic rings. The van der Waals surface area contributed by atoms with Crippen molar-refractivity contribution in [2.45, 2.75) is 20.5 Å². The summed E-state index contributed by atoms with van der Waals surface area (Å²) >= 11 is 6.05. The quantitative estimate of drug-likeness (QED) is 0.519. The molecule has 0 spiro atoms. The number of hydrogen-bond acceptors (Lipinski definition) is 4. The Kier molecular flexibility index (Phi) is 6.85. The van der Waals surface area contributed by atoms with Crippen LogP contribution in [-0.4, -0.2) is 20.1 Å². The number of rotatable bonds is 7. The van der Waals surface area contributed by atoms with Crippen molar-refractivity contribution in [3.8, 4) is 17.2 Å². The lowest BCUT2D eigenvalue weighted by Crippen LogP contribution is -2.13. The van der Waals surface area contributed by atoms with Gasteiger partial charge in [0.15, 0.2) is 0 Å². The van der Waals surface area contributed by atoms with Crippen LogP contribution in [0.5, 0.6) is 17.2 Å². The van der Waals surface area contributed by atoms with Crippen molar-refractivity contribution in [1.29, 1.82) is 0 Å². The molecule has 0 bridgehead atoms. The molecule has 0 aromatic heterocycles. The molecule has 0 heterocycles. The van der Waals surface area contributed by atoms with E-state index in [2.05, 4.69) is 11.4 Å². The van der Waals surface area contributed by atoms with E-state index < -0.39 is 0 Å². The SMILES string of the molecule is COc1ccc(C(=O)Nc2cc(Cl)ccc2OC)cc1COc1cc(C)cc(C)c1. The van der Waals surface area contributed by atoms with Crippen molar-refractivity contribution in [3.63, 3.8) is 0 Å². The van der Waals surface area contributed by atoms with Crippen LogP contribution in [0, 0.1) is 13.8 Å². The molecule has 6 heteroatoms. The number of methoxy groups -OCH3 is 2. The Bertz CT molecular complexity index is 1040. The Morgan fingerprint density at radius 2 is 1.57 bits per heavy atom. The van der Waals surface area contributed by atoms with Gasteiger partial charge < -0.3 is 19.5 Å².